The molecule has 6 aromatic carbocycles. The van der Waals surface area contributed by atoms with E-state index >= 15 is 0 Å². The van der Waals surface area contributed by atoms with Crippen LogP contribution >= 0.6 is 0 Å². The Bertz CT molecular complexity index is 2250. The predicted octanol–water partition coefficient (Wildman–Crippen LogP) is 10.1. The molecule has 0 bridgehead atoms. The maximum atomic E-state index is 9.37. The van der Waals surface area contributed by atoms with Crippen LogP contribution in [0, 0.1) is 11.3 Å². The van der Waals surface area contributed by atoms with Crippen LogP contribution in [-0.4, -0.2) is 14.5 Å². The van der Waals surface area contributed by atoms with Crippen molar-refractivity contribution < 1.29 is 0 Å². The molecular formula is C41H26N4. The highest BCUT2D eigenvalue weighted by Crippen LogP contribution is 2.37. The number of aromatic nitrogens is 3. The maximum Gasteiger partial charge on any atom is 0.235 e. The van der Waals surface area contributed by atoms with Gasteiger partial charge in [0, 0.05) is 21.9 Å². The quantitative estimate of drug-likeness (QED) is 0.205. The Balaban J connectivity index is 1.41. The Kier molecular flexibility index (Phi) is 6.48. The van der Waals surface area contributed by atoms with Gasteiger partial charge in [-0.05, 0) is 64.7 Å². The molecule has 0 spiro atoms. The molecule has 2 heterocycles. The van der Waals surface area contributed by atoms with Gasteiger partial charge in [-0.1, -0.05) is 115 Å². The summed E-state index contributed by atoms with van der Waals surface area (Å²) in [6.07, 6.45) is 0. The van der Waals surface area contributed by atoms with E-state index in [1.54, 1.807) is 0 Å². The Labute approximate surface area is 261 Å². The van der Waals surface area contributed by atoms with E-state index in [4.69, 9.17) is 9.97 Å². The normalized spacial score (nSPS) is 11.1. The zero-order valence-electron chi connectivity index (χ0n) is 24.3. The van der Waals surface area contributed by atoms with E-state index < -0.39 is 0 Å². The standard InChI is InChI=1S/C41H26N4/c42-27-28-16-18-32(19-17-28)38-26-37(31-14-8-3-9-15-31)43-41(44-38)45-39-22-20-33(29-10-4-1-5-11-29)24-35(39)36-25-34(21-23-40(36)45)30-12-6-2-7-13-30/h1-26H. The highest BCUT2D eigenvalue weighted by molar-refractivity contribution is 6.11. The lowest BCUT2D eigenvalue weighted by Gasteiger charge is -2.12. The minimum absolute atomic E-state index is 0.593. The topological polar surface area (TPSA) is 54.5 Å². The van der Waals surface area contributed by atoms with E-state index in [0.717, 1.165) is 55.4 Å². The molecule has 0 aliphatic heterocycles. The molecule has 4 nitrogen and oxygen atoms in total. The molecule has 2 aromatic heterocycles. The second-order valence-corrected chi connectivity index (χ2v) is 11.0. The van der Waals surface area contributed by atoms with Crippen molar-refractivity contribution in [2.24, 2.45) is 0 Å². The van der Waals surface area contributed by atoms with Crippen molar-refractivity contribution in [2.45, 2.75) is 0 Å². The van der Waals surface area contributed by atoms with Crippen molar-refractivity contribution in [1.29, 1.82) is 5.26 Å². The van der Waals surface area contributed by atoms with Gasteiger partial charge in [0.05, 0.1) is 34.1 Å². The largest absolute Gasteiger partial charge is 0.278 e. The van der Waals surface area contributed by atoms with Gasteiger partial charge in [-0.3, -0.25) is 4.57 Å². The highest BCUT2D eigenvalue weighted by atomic mass is 15.2. The Morgan fingerprint density at radius 3 is 1.31 bits per heavy atom. The van der Waals surface area contributed by atoms with Gasteiger partial charge in [0.2, 0.25) is 5.95 Å². The second-order valence-electron chi connectivity index (χ2n) is 11.0. The monoisotopic (exact) mass is 574 g/mol. The molecule has 210 valence electrons. The van der Waals surface area contributed by atoms with Crippen molar-refractivity contribution in [3.8, 4) is 56.8 Å². The zero-order valence-corrected chi connectivity index (χ0v) is 24.3. The second kappa shape index (κ2) is 11.1. The van der Waals surface area contributed by atoms with E-state index in [-0.39, 0.29) is 0 Å². The average molecular weight is 575 g/mol. The summed E-state index contributed by atoms with van der Waals surface area (Å²) in [5.41, 5.74) is 10.9. The van der Waals surface area contributed by atoms with E-state index in [2.05, 4.69) is 108 Å². The summed E-state index contributed by atoms with van der Waals surface area (Å²) >= 11 is 0. The van der Waals surface area contributed by atoms with Crippen LogP contribution in [0.4, 0.5) is 0 Å². The average Bonchev–Trinajstić information content (AvgIpc) is 3.45. The third-order valence-electron chi connectivity index (χ3n) is 8.27. The van der Waals surface area contributed by atoms with Crippen LogP contribution in [0.15, 0.2) is 158 Å². The third-order valence-corrected chi connectivity index (χ3v) is 8.27. The summed E-state index contributed by atoms with van der Waals surface area (Å²) < 4.78 is 2.17. The summed E-state index contributed by atoms with van der Waals surface area (Å²) in [5, 5.41) is 11.6. The molecule has 0 saturated carbocycles. The van der Waals surface area contributed by atoms with Gasteiger partial charge in [-0.25, -0.2) is 9.97 Å². The highest BCUT2D eigenvalue weighted by Gasteiger charge is 2.18. The summed E-state index contributed by atoms with van der Waals surface area (Å²) in [6, 6.07) is 56.2. The van der Waals surface area contributed by atoms with E-state index in [1.165, 1.54) is 11.1 Å². The summed E-state index contributed by atoms with van der Waals surface area (Å²) in [4.78, 5) is 10.3. The SMILES string of the molecule is N#Cc1ccc(-c2cc(-c3ccccc3)nc(-n3c4ccc(-c5ccccc5)cc4c4cc(-c5ccccc5)ccc43)n2)cc1. The number of nitrogens with zero attached hydrogens (tertiary/aromatic N) is 4. The fourth-order valence-corrected chi connectivity index (χ4v) is 6.01. The molecule has 0 amide bonds. The van der Waals surface area contributed by atoms with Gasteiger partial charge in [0.1, 0.15) is 0 Å². The Hall–Kier alpha value is -6.31. The number of hydrogen-bond acceptors (Lipinski definition) is 3. The molecule has 0 aliphatic carbocycles. The number of hydrogen-bond donors (Lipinski definition) is 0. The number of fused-ring (bicyclic) bond motifs is 3. The van der Waals surface area contributed by atoms with Gasteiger partial charge < -0.3 is 0 Å². The van der Waals surface area contributed by atoms with Gasteiger partial charge in [-0.15, -0.1) is 0 Å². The summed E-state index contributed by atoms with van der Waals surface area (Å²) in [5.74, 6) is 0.593. The Morgan fingerprint density at radius 2 is 0.844 bits per heavy atom. The van der Waals surface area contributed by atoms with Crippen LogP contribution < -0.4 is 0 Å². The first-order valence-corrected chi connectivity index (χ1v) is 14.9. The number of benzene rings is 6. The van der Waals surface area contributed by atoms with E-state index in [0.29, 0.717) is 11.5 Å². The van der Waals surface area contributed by atoms with Gasteiger partial charge in [-0.2, -0.15) is 5.26 Å². The first-order valence-electron chi connectivity index (χ1n) is 14.9. The zero-order chi connectivity index (χ0) is 30.2. The Morgan fingerprint density at radius 1 is 0.422 bits per heavy atom. The smallest absolute Gasteiger partial charge is 0.235 e. The number of rotatable bonds is 5. The minimum atomic E-state index is 0.593. The van der Waals surface area contributed by atoms with Crippen LogP contribution in [-0.2, 0) is 0 Å². The molecule has 0 aliphatic rings. The minimum Gasteiger partial charge on any atom is -0.278 e. The molecule has 45 heavy (non-hydrogen) atoms. The van der Waals surface area contributed by atoms with E-state index in [1.807, 2.05) is 60.7 Å². The van der Waals surface area contributed by atoms with Gasteiger partial charge >= 0.3 is 0 Å². The number of nitriles is 1. The lowest BCUT2D eigenvalue weighted by Crippen LogP contribution is -2.04. The molecule has 0 N–H and O–H groups in total. The van der Waals surface area contributed by atoms with Crippen molar-refractivity contribution in [3.63, 3.8) is 0 Å². The van der Waals surface area contributed by atoms with Crippen LogP contribution in [0.2, 0.25) is 0 Å². The third kappa shape index (κ3) is 4.83. The van der Waals surface area contributed by atoms with Crippen molar-refractivity contribution in [3.05, 3.63) is 163 Å². The first kappa shape index (κ1) is 26.3. The maximum absolute atomic E-state index is 9.37. The van der Waals surface area contributed by atoms with Crippen molar-refractivity contribution in [2.75, 3.05) is 0 Å². The summed E-state index contributed by atoms with van der Waals surface area (Å²) in [7, 11) is 0. The fraction of sp³-hybridized carbons (Fsp3) is 0. The molecule has 0 saturated heterocycles. The lowest BCUT2D eigenvalue weighted by atomic mass is 10.0. The molecule has 0 fully saturated rings. The fourth-order valence-electron chi connectivity index (χ4n) is 6.01. The summed E-state index contributed by atoms with van der Waals surface area (Å²) in [6.45, 7) is 0. The van der Waals surface area contributed by atoms with Crippen LogP contribution in [0.5, 0.6) is 0 Å². The van der Waals surface area contributed by atoms with Crippen LogP contribution in [0.3, 0.4) is 0 Å². The van der Waals surface area contributed by atoms with Gasteiger partial charge in [0.15, 0.2) is 0 Å². The molecule has 4 heteroatoms. The van der Waals surface area contributed by atoms with Crippen LogP contribution in [0.1, 0.15) is 5.56 Å². The molecule has 0 atom stereocenters. The van der Waals surface area contributed by atoms with Crippen molar-refractivity contribution >= 4 is 21.8 Å². The van der Waals surface area contributed by atoms with Crippen LogP contribution in [0.25, 0.3) is 72.5 Å². The predicted molar refractivity (Wildman–Crippen MR) is 183 cm³/mol. The lowest BCUT2D eigenvalue weighted by molar-refractivity contribution is 0.995. The first-order chi connectivity index (χ1) is 22.2. The van der Waals surface area contributed by atoms with Crippen molar-refractivity contribution in [1.82, 2.24) is 14.5 Å². The van der Waals surface area contributed by atoms with E-state index in [9.17, 15) is 5.26 Å². The molecule has 0 unspecified atom stereocenters. The molecule has 0 radical (unpaired) electrons. The molecule has 8 rings (SSSR count). The molecular weight excluding hydrogens is 548 g/mol. The van der Waals surface area contributed by atoms with Gasteiger partial charge in [0.25, 0.3) is 0 Å². The molecule has 8 aromatic rings.